The van der Waals surface area contributed by atoms with E-state index in [1.54, 1.807) is 24.5 Å². The van der Waals surface area contributed by atoms with Gasteiger partial charge in [-0.15, -0.1) is 0 Å². The summed E-state index contributed by atoms with van der Waals surface area (Å²) >= 11 is 0. The molecular weight excluding hydrogens is 366 g/mol. The van der Waals surface area contributed by atoms with Crippen molar-refractivity contribution in [3.63, 3.8) is 0 Å². The molecule has 0 bridgehead atoms. The number of carboxylic acid groups (broad SMARTS) is 1. The summed E-state index contributed by atoms with van der Waals surface area (Å²) in [6.45, 7) is 4.15. The summed E-state index contributed by atoms with van der Waals surface area (Å²) in [6, 6.07) is 15.2. The van der Waals surface area contributed by atoms with E-state index in [0.717, 1.165) is 11.3 Å². The van der Waals surface area contributed by atoms with Crippen LogP contribution in [0, 0.1) is 0 Å². The minimum absolute atomic E-state index is 0.0283. The number of ether oxygens (including phenoxy) is 1. The van der Waals surface area contributed by atoms with Gasteiger partial charge >= 0.3 is 5.97 Å². The number of carbonyl (C=O) groups is 1. The lowest BCUT2D eigenvalue weighted by atomic mass is 9.92. The van der Waals surface area contributed by atoms with Crippen LogP contribution in [0.25, 0.3) is 11.0 Å². The second-order valence-electron chi connectivity index (χ2n) is 7.47. The normalized spacial score (nSPS) is 18.2. The first-order valence-corrected chi connectivity index (χ1v) is 9.60. The number of fused-ring (bicyclic) bond motifs is 1. The molecule has 0 amide bonds. The fraction of sp³-hybridized carbons (Fsp3) is 0.261. The van der Waals surface area contributed by atoms with E-state index in [2.05, 4.69) is 26.0 Å². The van der Waals surface area contributed by atoms with Crippen LogP contribution < -0.4 is 4.90 Å². The Hall–Kier alpha value is -3.41. The van der Waals surface area contributed by atoms with Gasteiger partial charge in [-0.2, -0.15) is 0 Å². The Morgan fingerprint density at radius 1 is 1.10 bits per heavy atom. The van der Waals surface area contributed by atoms with Crippen LogP contribution in [0.4, 0.5) is 5.82 Å². The summed E-state index contributed by atoms with van der Waals surface area (Å²) in [6.07, 6.45) is 3.46. The Morgan fingerprint density at radius 2 is 1.86 bits per heavy atom. The summed E-state index contributed by atoms with van der Waals surface area (Å²) < 4.78 is 5.98. The van der Waals surface area contributed by atoms with Gasteiger partial charge in [0.05, 0.1) is 22.9 Å². The van der Waals surface area contributed by atoms with E-state index in [4.69, 9.17) is 14.7 Å². The monoisotopic (exact) mass is 389 g/mol. The summed E-state index contributed by atoms with van der Waals surface area (Å²) in [4.78, 5) is 23.1. The number of benzene rings is 2. The van der Waals surface area contributed by atoms with Crippen LogP contribution in [-0.2, 0) is 4.74 Å². The van der Waals surface area contributed by atoms with Gasteiger partial charge in [-0.3, -0.25) is 0 Å². The Labute approximate surface area is 169 Å². The lowest BCUT2D eigenvalue weighted by Gasteiger charge is -2.28. The standard InChI is InChI=1S/C23H23N3O3/c1-14(2)26(3)22-20(21-17(11-12-29-21)15-7-5-4-6-8-15)24-18-10-9-16(23(27)28)13-19(18)25-22/h4-14,17,21H,1-3H3,(H,27,28). The van der Waals surface area contributed by atoms with Crippen LogP contribution in [0.5, 0.6) is 0 Å². The van der Waals surface area contributed by atoms with E-state index >= 15 is 0 Å². The van der Waals surface area contributed by atoms with E-state index in [0.29, 0.717) is 16.9 Å². The highest BCUT2D eigenvalue weighted by Gasteiger charge is 2.33. The molecule has 4 rings (SSSR count). The Morgan fingerprint density at radius 3 is 2.55 bits per heavy atom. The Kier molecular flexibility index (Phi) is 4.92. The van der Waals surface area contributed by atoms with Crippen LogP contribution in [0.2, 0.25) is 0 Å². The summed E-state index contributed by atoms with van der Waals surface area (Å²) in [5.74, 6) is -0.255. The van der Waals surface area contributed by atoms with Crippen molar-refractivity contribution >= 4 is 22.8 Å². The molecule has 29 heavy (non-hydrogen) atoms. The quantitative estimate of drug-likeness (QED) is 0.690. The molecule has 2 unspecified atom stereocenters. The molecular formula is C23H23N3O3. The van der Waals surface area contributed by atoms with E-state index < -0.39 is 5.97 Å². The zero-order valence-electron chi connectivity index (χ0n) is 16.6. The molecule has 1 N–H and O–H groups in total. The lowest BCUT2D eigenvalue weighted by Crippen LogP contribution is -2.29. The van der Waals surface area contributed by atoms with Crippen molar-refractivity contribution in [2.75, 3.05) is 11.9 Å². The van der Waals surface area contributed by atoms with Gasteiger partial charge in [-0.25, -0.2) is 14.8 Å². The Bertz CT molecular complexity index is 1080. The number of anilines is 1. The number of aromatic nitrogens is 2. The van der Waals surface area contributed by atoms with Gasteiger partial charge in [0, 0.05) is 19.0 Å². The average Bonchev–Trinajstić information content (AvgIpc) is 3.22. The molecule has 1 aliphatic heterocycles. The summed E-state index contributed by atoms with van der Waals surface area (Å²) in [7, 11) is 1.96. The van der Waals surface area contributed by atoms with E-state index in [-0.39, 0.29) is 23.6 Å². The molecule has 148 valence electrons. The summed E-state index contributed by atoms with van der Waals surface area (Å²) in [5.41, 5.74) is 3.29. The minimum Gasteiger partial charge on any atom is -0.491 e. The van der Waals surface area contributed by atoms with Crippen molar-refractivity contribution in [3.8, 4) is 0 Å². The number of nitrogens with zero attached hydrogens (tertiary/aromatic N) is 3. The third-order valence-corrected chi connectivity index (χ3v) is 5.32. The number of aromatic carboxylic acids is 1. The van der Waals surface area contributed by atoms with Crippen molar-refractivity contribution in [1.82, 2.24) is 9.97 Å². The predicted octanol–water partition coefficient (Wildman–Crippen LogP) is 4.54. The first kappa shape index (κ1) is 18.9. The van der Waals surface area contributed by atoms with Gasteiger partial charge in [0.15, 0.2) is 11.9 Å². The van der Waals surface area contributed by atoms with Crippen molar-refractivity contribution in [2.24, 2.45) is 0 Å². The van der Waals surface area contributed by atoms with Crippen molar-refractivity contribution in [2.45, 2.75) is 31.9 Å². The van der Waals surface area contributed by atoms with E-state index in [9.17, 15) is 9.90 Å². The molecule has 0 fully saturated rings. The van der Waals surface area contributed by atoms with Crippen LogP contribution in [0.1, 0.15) is 47.5 Å². The highest BCUT2D eigenvalue weighted by Crippen LogP contribution is 2.42. The maximum atomic E-state index is 11.4. The summed E-state index contributed by atoms with van der Waals surface area (Å²) in [5, 5.41) is 9.31. The molecule has 1 aliphatic rings. The van der Waals surface area contributed by atoms with E-state index in [1.807, 2.05) is 36.2 Å². The van der Waals surface area contributed by atoms with Crippen LogP contribution in [0.15, 0.2) is 60.9 Å². The van der Waals surface area contributed by atoms with Crippen molar-refractivity contribution in [3.05, 3.63) is 77.7 Å². The molecule has 3 aromatic rings. The zero-order chi connectivity index (χ0) is 20.5. The first-order valence-electron chi connectivity index (χ1n) is 9.60. The van der Waals surface area contributed by atoms with Gasteiger partial charge in [0.1, 0.15) is 5.69 Å². The fourth-order valence-corrected chi connectivity index (χ4v) is 3.48. The van der Waals surface area contributed by atoms with Gasteiger partial charge in [0.25, 0.3) is 0 Å². The molecule has 6 nitrogen and oxygen atoms in total. The van der Waals surface area contributed by atoms with Gasteiger partial charge in [-0.05, 0) is 43.7 Å². The second-order valence-corrected chi connectivity index (χ2v) is 7.47. The molecule has 2 atom stereocenters. The maximum absolute atomic E-state index is 11.4. The van der Waals surface area contributed by atoms with Crippen molar-refractivity contribution < 1.29 is 14.6 Å². The highest BCUT2D eigenvalue weighted by molar-refractivity contribution is 5.92. The molecule has 2 aromatic carbocycles. The molecule has 2 heterocycles. The lowest BCUT2D eigenvalue weighted by molar-refractivity contribution is 0.0697. The molecule has 0 radical (unpaired) electrons. The SMILES string of the molecule is CC(C)N(C)c1nc2cc(C(=O)O)ccc2nc1C1OC=CC1c1ccccc1. The first-order chi connectivity index (χ1) is 14.0. The smallest absolute Gasteiger partial charge is 0.335 e. The molecule has 0 spiro atoms. The minimum atomic E-state index is -0.982. The van der Waals surface area contributed by atoms with Gasteiger partial charge in [-0.1, -0.05) is 30.3 Å². The van der Waals surface area contributed by atoms with Gasteiger partial charge in [0.2, 0.25) is 0 Å². The molecule has 0 aliphatic carbocycles. The average molecular weight is 389 g/mol. The molecule has 0 saturated carbocycles. The Balaban J connectivity index is 1.86. The predicted molar refractivity (Wildman–Crippen MR) is 112 cm³/mol. The number of carboxylic acids is 1. The zero-order valence-corrected chi connectivity index (χ0v) is 16.6. The fourth-order valence-electron chi connectivity index (χ4n) is 3.48. The van der Waals surface area contributed by atoms with Crippen LogP contribution >= 0.6 is 0 Å². The molecule has 1 aromatic heterocycles. The third-order valence-electron chi connectivity index (χ3n) is 5.32. The topological polar surface area (TPSA) is 75.6 Å². The largest absolute Gasteiger partial charge is 0.491 e. The molecule has 0 saturated heterocycles. The maximum Gasteiger partial charge on any atom is 0.335 e. The number of hydrogen-bond acceptors (Lipinski definition) is 5. The third kappa shape index (κ3) is 3.53. The highest BCUT2D eigenvalue weighted by atomic mass is 16.5. The van der Waals surface area contributed by atoms with Crippen LogP contribution in [0.3, 0.4) is 0 Å². The van der Waals surface area contributed by atoms with E-state index in [1.165, 1.54) is 0 Å². The van der Waals surface area contributed by atoms with Crippen molar-refractivity contribution in [1.29, 1.82) is 0 Å². The molecule has 6 heteroatoms. The second kappa shape index (κ2) is 7.54. The number of rotatable bonds is 5. The van der Waals surface area contributed by atoms with Crippen LogP contribution in [-0.4, -0.2) is 34.1 Å². The number of hydrogen-bond donors (Lipinski definition) is 1. The van der Waals surface area contributed by atoms with Gasteiger partial charge < -0.3 is 14.7 Å².